The van der Waals surface area contributed by atoms with Crippen LogP contribution in [-0.4, -0.2) is 10.1 Å². The number of aromatic nitrogens is 1. The molecule has 0 bridgehead atoms. The van der Waals surface area contributed by atoms with Gasteiger partial charge in [-0.3, -0.25) is 0 Å². The third-order valence-corrected chi connectivity index (χ3v) is 2.31. The molecular formula is C12H10ClNO2. The number of phenols is 1. The van der Waals surface area contributed by atoms with Gasteiger partial charge in [-0.2, -0.15) is 0 Å². The topological polar surface area (TPSA) is 42.4 Å². The molecule has 0 atom stereocenters. The van der Waals surface area contributed by atoms with Crippen molar-refractivity contribution in [3.05, 3.63) is 53.3 Å². The van der Waals surface area contributed by atoms with E-state index < -0.39 is 0 Å². The van der Waals surface area contributed by atoms with Gasteiger partial charge in [0.25, 0.3) is 0 Å². The molecule has 4 heteroatoms. The van der Waals surface area contributed by atoms with Crippen molar-refractivity contribution in [2.24, 2.45) is 0 Å². The Kier molecular flexibility index (Phi) is 3.27. The lowest BCUT2D eigenvalue weighted by molar-refractivity contribution is 0.304. The van der Waals surface area contributed by atoms with Crippen LogP contribution in [0.25, 0.3) is 0 Å². The van der Waals surface area contributed by atoms with Crippen LogP contribution in [0.15, 0.2) is 42.6 Å². The van der Waals surface area contributed by atoms with Crippen molar-refractivity contribution in [1.29, 1.82) is 0 Å². The number of aromatic hydroxyl groups is 1. The number of hydrogen-bond acceptors (Lipinski definition) is 3. The molecule has 3 nitrogen and oxygen atoms in total. The molecule has 82 valence electrons. The quantitative estimate of drug-likeness (QED) is 0.832. The second kappa shape index (κ2) is 4.86. The molecule has 0 unspecified atom stereocenters. The first-order valence-corrected chi connectivity index (χ1v) is 5.15. The average molecular weight is 236 g/mol. The van der Waals surface area contributed by atoms with Crippen LogP contribution in [0.4, 0.5) is 0 Å². The fourth-order valence-electron chi connectivity index (χ4n) is 1.29. The average Bonchev–Trinajstić information content (AvgIpc) is 2.28. The minimum atomic E-state index is 0.221. The van der Waals surface area contributed by atoms with Crippen molar-refractivity contribution >= 4 is 11.6 Å². The second-order valence-electron chi connectivity index (χ2n) is 3.25. The Morgan fingerprint density at radius 3 is 2.88 bits per heavy atom. The van der Waals surface area contributed by atoms with Gasteiger partial charge in [0, 0.05) is 6.20 Å². The monoisotopic (exact) mass is 235 g/mol. The maximum absolute atomic E-state index is 9.27. The van der Waals surface area contributed by atoms with Crippen LogP contribution in [0.1, 0.15) is 5.56 Å². The minimum absolute atomic E-state index is 0.221. The highest BCUT2D eigenvalue weighted by atomic mass is 35.5. The summed E-state index contributed by atoms with van der Waals surface area (Å²) in [7, 11) is 0. The number of benzene rings is 1. The zero-order valence-corrected chi connectivity index (χ0v) is 9.19. The Labute approximate surface area is 98.3 Å². The lowest BCUT2D eigenvalue weighted by Crippen LogP contribution is -1.96. The highest BCUT2D eigenvalue weighted by Gasteiger charge is 2.01. The molecular weight excluding hydrogens is 226 g/mol. The molecule has 0 radical (unpaired) electrons. The summed E-state index contributed by atoms with van der Waals surface area (Å²) in [5.41, 5.74) is 0.875. The Morgan fingerprint density at radius 2 is 2.12 bits per heavy atom. The van der Waals surface area contributed by atoms with Gasteiger partial charge in [-0.15, -0.1) is 0 Å². The molecule has 2 rings (SSSR count). The van der Waals surface area contributed by atoms with E-state index in [-0.39, 0.29) is 5.75 Å². The van der Waals surface area contributed by atoms with Crippen LogP contribution in [0.5, 0.6) is 11.5 Å². The second-order valence-corrected chi connectivity index (χ2v) is 3.61. The number of rotatable bonds is 3. The summed E-state index contributed by atoms with van der Waals surface area (Å²) in [5.74, 6) is 0.755. The molecule has 0 aliphatic heterocycles. The van der Waals surface area contributed by atoms with Crippen LogP contribution in [0.2, 0.25) is 5.15 Å². The third-order valence-electron chi connectivity index (χ3n) is 2.03. The Bertz CT molecular complexity index is 488. The summed E-state index contributed by atoms with van der Waals surface area (Å²) in [5, 5.41) is 9.61. The van der Waals surface area contributed by atoms with Gasteiger partial charge in [-0.05, 0) is 29.8 Å². The zero-order chi connectivity index (χ0) is 11.4. The number of ether oxygens (including phenoxy) is 1. The highest BCUT2D eigenvalue weighted by molar-refractivity contribution is 6.30. The minimum Gasteiger partial charge on any atom is -0.508 e. The molecule has 0 aliphatic carbocycles. The summed E-state index contributed by atoms with van der Waals surface area (Å²) in [6, 6.07) is 10.4. The van der Waals surface area contributed by atoms with Crippen molar-refractivity contribution in [2.75, 3.05) is 0 Å². The molecule has 0 saturated heterocycles. The van der Waals surface area contributed by atoms with Crippen molar-refractivity contribution < 1.29 is 9.84 Å². The number of hydrogen-bond donors (Lipinski definition) is 1. The van der Waals surface area contributed by atoms with E-state index in [1.807, 2.05) is 6.07 Å². The molecule has 1 heterocycles. The van der Waals surface area contributed by atoms with Gasteiger partial charge in [0.2, 0.25) is 0 Å². The van der Waals surface area contributed by atoms with Crippen molar-refractivity contribution in [1.82, 2.24) is 4.98 Å². The number of nitrogens with zero attached hydrogens (tertiary/aromatic N) is 1. The number of pyridine rings is 1. The molecule has 2 aromatic rings. The lowest BCUT2D eigenvalue weighted by atomic mass is 10.2. The summed E-state index contributed by atoms with van der Waals surface area (Å²) >= 11 is 5.84. The molecule has 1 N–H and O–H groups in total. The van der Waals surface area contributed by atoms with Gasteiger partial charge in [-0.1, -0.05) is 23.7 Å². The standard InChI is InChI=1S/C12H10ClNO2/c13-12-11(5-2-6-14-12)16-8-9-3-1-4-10(15)7-9/h1-7,15H,8H2. The van der Waals surface area contributed by atoms with E-state index >= 15 is 0 Å². The first kappa shape index (κ1) is 10.8. The lowest BCUT2D eigenvalue weighted by Gasteiger charge is -2.07. The molecule has 0 spiro atoms. The van der Waals surface area contributed by atoms with Crippen LogP contribution in [0.3, 0.4) is 0 Å². The van der Waals surface area contributed by atoms with E-state index in [9.17, 15) is 5.11 Å². The van der Waals surface area contributed by atoms with Crippen molar-refractivity contribution in [3.63, 3.8) is 0 Å². The molecule has 0 amide bonds. The van der Waals surface area contributed by atoms with Gasteiger partial charge < -0.3 is 9.84 Å². The third kappa shape index (κ3) is 2.64. The molecule has 0 saturated carbocycles. The SMILES string of the molecule is Oc1cccc(COc2cccnc2Cl)c1. The van der Waals surface area contributed by atoms with E-state index in [1.165, 1.54) is 0 Å². The summed E-state index contributed by atoms with van der Waals surface area (Å²) < 4.78 is 5.47. The molecule has 1 aromatic heterocycles. The predicted molar refractivity (Wildman–Crippen MR) is 61.7 cm³/mol. The number of halogens is 1. The van der Waals surface area contributed by atoms with E-state index in [0.29, 0.717) is 17.5 Å². The van der Waals surface area contributed by atoms with Gasteiger partial charge in [0.05, 0.1) is 0 Å². The van der Waals surface area contributed by atoms with E-state index in [0.717, 1.165) is 5.56 Å². The van der Waals surface area contributed by atoms with E-state index in [4.69, 9.17) is 16.3 Å². The highest BCUT2D eigenvalue weighted by Crippen LogP contribution is 2.22. The fourth-order valence-corrected chi connectivity index (χ4v) is 1.46. The van der Waals surface area contributed by atoms with Gasteiger partial charge >= 0.3 is 0 Å². The molecule has 16 heavy (non-hydrogen) atoms. The Morgan fingerprint density at radius 1 is 1.25 bits per heavy atom. The largest absolute Gasteiger partial charge is 0.508 e. The van der Waals surface area contributed by atoms with Crippen LogP contribution in [0, 0.1) is 0 Å². The Hall–Kier alpha value is -1.74. The Balaban J connectivity index is 2.05. The van der Waals surface area contributed by atoms with Crippen LogP contribution in [-0.2, 0) is 6.61 Å². The van der Waals surface area contributed by atoms with Crippen LogP contribution < -0.4 is 4.74 Å². The fraction of sp³-hybridized carbons (Fsp3) is 0.0833. The summed E-state index contributed by atoms with van der Waals surface area (Å²) in [6.45, 7) is 0.347. The molecule has 0 fully saturated rings. The van der Waals surface area contributed by atoms with E-state index in [2.05, 4.69) is 4.98 Å². The smallest absolute Gasteiger partial charge is 0.171 e. The van der Waals surface area contributed by atoms with Gasteiger partial charge in [-0.25, -0.2) is 4.98 Å². The summed E-state index contributed by atoms with van der Waals surface area (Å²) in [4.78, 5) is 3.90. The van der Waals surface area contributed by atoms with E-state index in [1.54, 1.807) is 36.5 Å². The van der Waals surface area contributed by atoms with Gasteiger partial charge in [0.1, 0.15) is 12.4 Å². The zero-order valence-electron chi connectivity index (χ0n) is 8.43. The maximum atomic E-state index is 9.27. The molecule has 1 aromatic carbocycles. The normalized spacial score (nSPS) is 10.1. The van der Waals surface area contributed by atoms with Crippen molar-refractivity contribution in [3.8, 4) is 11.5 Å². The predicted octanol–water partition coefficient (Wildman–Crippen LogP) is 3.02. The first-order chi connectivity index (χ1) is 7.75. The first-order valence-electron chi connectivity index (χ1n) is 4.77. The summed E-state index contributed by atoms with van der Waals surface area (Å²) in [6.07, 6.45) is 1.60. The molecule has 0 aliphatic rings. The van der Waals surface area contributed by atoms with Crippen LogP contribution >= 0.6 is 11.6 Å². The van der Waals surface area contributed by atoms with Gasteiger partial charge in [0.15, 0.2) is 10.9 Å². The number of phenolic OH excluding ortho intramolecular Hbond substituents is 1. The maximum Gasteiger partial charge on any atom is 0.171 e. The van der Waals surface area contributed by atoms with Crippen molar-refractivity contribution in [2.45, 2.75) is 6.61 Å².